The zero-order chi connectivity index (χ0) is 12.7. The maximum absolute atomic E-state index is 10.9. The van der Waals surface area contributed by atoms with Gasteiger partial charge >= 0.3 is 11.7 Å². The number of carbonyl (C=O) groups excluding carboxylic acids is 1. The molecule has 0 aromatic carbocycles. The monoisotopic (exact) mass is 239 g/mol. The fourth-order valence-corrected chi connectivity index (χ4v) is 1.15. The molecule has 0 radical (unpaired) electrons. The Morgan fingerprint density at radius 2 is 2.47 bits per heavy atom. The number of hydrogen-bond acceptors (Lipinski definition) is 5. The number of aromatic nitrogens is 2. The van der Waals surface area contributed by atoms with Gasteiger partial charge in [-0.1, -0.05) is 6.08 Å². The van der Waals surface area contributed by atoms with E-state index < -0.39 is 4.92 Å². The third kappa shape index (κ3) is 4.45. The van der Waals surface area contributed by atoms with E-state index in [1.54, 1.807) is 13.0 Å². The predicted octanol–water partition coefficient (Wildman–Crippen LogP) is 1.30. The molecular formula is C10H13N3O4. The Labute approximate surface area is 97.8 Å². The SMILES string of the molecule is CCOC(=O)C=CCCn1cc([N+](=O)[O-])cn1. The van der Waals surface area contributed by atoms with Crippen LogP contribution in [0.15, 0.2) is 24.5 Å². The number of allylic oxidation sites excluding steroid dienone is 1. The summed E-state index contributed by atoms with van der Waals surface area (Å²) in [4.78, 5) is 20.8. The molecule has 0 aliphatic rings. The molecule has 0 atom stereocenters. The molecule has 0 saturated heterocycles. The first-order valence-electron chi connectivity index (χ1n) is 5.13. The Bertz CT molecular complexity index is 425. The summed E-state index contributed by atoms with van der Waals surface area (Å²) in [5, 5.41) is 14.2. The number of esters is 1. The smallest absolute Gasteiger partial charge is 0.330 e. The van der Waals surface area contributed by atoms with Gasteiger partial charge in [0.15, 0.2) is 0 Å². The first-order valence-corrected chi connectivity index (χ1v) is 5.13. The quantitative estimate of drug-likeness (QED) is 0.323. The highest BCUT2D eigenvalue weighted by atomic mass is 16.6. The minimum Gasteiger partial charge on any atom is -0.463 e. The minimum atomic E-state index is -0.502. The number of carbonyl (C=O) groups is 1. The average Bonchev–Trinajstić information content (AvgIpc) is 2.73. The van der Waals surface area contributed by atoms with E-state index in [2.05, 4.69) is 5.10 Å². The molecule has 0 bridgehead atoms. The molecule has 1 rings (SSSR count). The molecule has 0 amide bonds. The molecule has 0 unspecified atom stereocenters. The Morgan fingerprint density at radius 1 is 1.71 bits per heavy atom. The zero-order valence-corrected chi connectivity index (χ0v) is 9.41. The van der Waals surface area contributed by atoms with Crippen LogP contribution in [0.4, 0.5) is 5.69 Å². The number of rotatable bonds is 6. The molecule has 1 aromatic heterocycles. The van der Waals surface area contributed by atoms with E-state index in [9.17, 15) is 14.9 Å². The molecule has 0 fully saturated rings. The van der Waals surface area contributed by atoms with Crippen LogP contribution in [-0.4, -0.2) is 27.3 Å². The van der Waals surface area contributed by atoms with Crippen molar-refractivity contribution >= 4 is 11.7 Å². The Morgan fingerprint density at radius 3 is 3.06 bits per heavy atom. The molecule has 92 valence electrons. The van der Waals surface area contributed by atoms with Gasteiger partial charge in [-0.25, -0.2) is 4.79 Å². The van der Waals surface area contributed by atoms with Crippen molar-refractivity contribution < 1.29 is 14.5 Å². The first kappa shape index (κ1) is 12.9. The van der Waals surface area contributed by atoms with Crippen LogP contribution in [0.5, 0.6) is 0 Å². The van der Waals surface area contributed by atoms with Gasteiger partial charge in [0.1, 0.15) is 12.4 Å². The predicted molar refractivity (Wildman–Crippen MR) is 59.3 cm³/mol. The fraction of sp³-hybridized carbons (Fsp3) is 0.400. The van der Waals surface area contributed by atoms with Crippen molar-refractivity contribution in [3.8, 4) is 0 Å². The molecule has 0 N–H and O–H groups in total. The highest BCUT2D eigenvalue weighted by Crippen LogP contribution is 2.07. The Hall–Kier alpha value is -2.18. The average molecular weight is 239 g/mol. The van der Waals surface area contributed by atoms with E-state index in [0.29, 0.717) is 19.6 Å². The zero-order valence-electron chi connectivity index (χ0n) is 9.41. The summed E-state index contributed by atoms with van der Waals surface area (Å²) in [7, 11) is 0. The second kappa shape index (κ2) is 6.41. The van der Waals surface area contributed by atoms with E-state index in [4.69, 9.17) is 4.74 Å². The van der Waals surface area contributed by atoms with Gasteiger partial charge in [-0.2, -0.15) is 5.10 Å². The number of nitrogens with zero attached hydrogens (tertiary/aromatic N) is 3. The van der Waals surface area contributed by atoms with Gasteiger partial charge < -0.3 is 4.74 Å². The molecule has 0 saturated carbocycles. The van der Waals surface area contributed by atoms with E-state index in [0.717, 1.165) is 0 Å². The lowest BCUT2D eigenvalue weighted by Gasteiger charge is -1.96. The third-order valence-corrected chi connectivity index (χ3v) is 1.90. The topological polar surface area (TPSA) is 87.3 Å². The lowest BCUT2D eigenvalue weighted by molar-refractivity contribution is -0.385. The molecule has 0 spiro atoms. The molecule has 17 heavy (non-hydrogen) atoms. The van der Waals surface area contributed by atoms with E-state index in [1.165, 1.54) is 23.2 Å². The summed E-state index contributed by atoms with van der Waals surface area (Å²) >= 11 is 0. The van der Waals surface area contributed by atoms with Crippen molar-refractivity contribution in [3.63, 3.8) is 0 Å². The number of nitro groups is 1. The van der Waals surface area contributed by atoms with Crippen molar-refractivity contribution in [2.24, 2.45) is 0 Å². The van der Waals surface area contributed by atoms with Gasteiger partial charge in [0.05, 0.1) is 11.5 Å². The standard InChI is InChI=1S/C10H13N3O4/c1-2-17-10(14)5-3-4-6-12-8-9(7-11-12)13(15)16/h3,5,7-8H,2,4,6H2,1H3. The number of hydrogen-bond donors (Lipinski definition) is 0. The molecule has 7 heteroatoms. The summed E-state index contributed by atoms with van der Waals surface area (Å²) < 4.78 is 6.14. The van der Waals surface area contributed by atoms with Crippen LogP contribution in [-0.2, 0) is 16.1 Å². The van der Waals surface area contributed by atoms with Crippen LogP contribution in [0.3, 0.4) is 0 Å². The van der Waals surface area contributed by atoms with Crippen molar-refractivity contribution in [1.29, 1.82) is 0 Å². The van der Waals surface area contributed by atoms with Gasteiger partial charge in [-0.15, -0.1) is 0 Å². The van der Waals surface area contributed by atoms with E-state index in [1.807, 2.05) is 0 Å². The third-order valence-electron chi connectivity index (χ3n) is 1.90. The van der Waals surface area contributed by atoms with Crippen molar-refractivity contribution in [2.75, 3.05) is 6.61 Å². The summed E-state index contributed by atoms with van der Waals surface area (Å²) in [5.41, 5.74) is -0.0422. The highest BCUT2D eigenvalue weighted by molar-refractivity contribution is 5.81. The van der Waals surface area contributed by atoms with Crippen LogP contribution >= 0.6 is 0 Å². The van der Waals surface area contributed by atoms with E-state index in [-0.39, 0.29) is 11.7 Å². The van der Waals surface area contributed by atoms with Crippen LogP contribution in [0.25, 0.3) is 0 Å². The second-order valence-corrected chi connectivity index (χ2v) is 3.16. The summed E-state index contributed by atoms with van der Waals surface area (Å²) in [5.74, 6) is -0.390. The molecule has 1 heterocycles. The molecular weight excluding hydrogens is 226 g/mol. The van der Waals surface area contributed by atoms with Crippen molar-refractivity contribution in [2.45, 2.75) is 19.9 Å². The van der Waals surface area contributed by atoms with Gasteiger partial charge in [-0.05, 0) is 13.3 Å². The van der Waals surface area contributed by atoms with Crippen LogP contribution in [0.1, 0.15) is 13.3 Å². The molecule has 0 aliphatic carbocycles. The summed E-state index contributed by atoms with van der Waals surface area (Å²) in [6, 6.07) is 0. The molecule has 1 aromatic rings. The number of ether oxygens (including phenoxy) is 1. The van der Waals surface area contributed by atoms with Gasteiger partial charge in [0, 0.05) is 12.6 Å². The Balaban J connectivity index is 2.35. The van der Waals surface area contributed by atoms with Gasteiger partial charge in [0.2, 0.25) is 0 Å². The summed E-state index contributed by atoms with van der Waals surface area (Å²) in [6.07, 6.45) is 6.07. The van der Waals surface area contributed by atoms with Crippen LogP contribution in [0.2, 0.25) is 0 Å². The van der Waals surface area contributed by atoms with Crippen LogP contribution < -0.4 is 0 Å². The fourth-order valence-electron chi connectivity index (χ4n) is 1.15. The summed E-state index contributed by atoms with van der Waals surface area (Å²) in [6.45, 7) is 2.55. The Kier molecular flexibility index (Phi) is 4.86. The van der Waals surface area contributed by atoms with Crippen molar-refractivity contribution in [3.05, 3.63) is 34.7 Å². The number of aryl methyl sites for hydroxylation is 1. The maximum atomic E-state index is 10.9. The van der Waals surface area contributed by atoms with Crippen molar-refractivity contribution in [1.82, 2.24) is 9.78 Å². The molecule has 7 nitrogen and oxygen atoms in total. The van der Waals surface area contributed by atoms with Gasteiger partial charge in [-0.3, -0.25) is 14.8 Å². The first-order chi connectivity index (χ1) is 8.13. The molecule has 0 aliphatic heterocycles. The minimum absolute atomic E-state index is 0.0422. The van der Waals surface area contributed by atoms with Crippen LogP contribution in [0, 0.1) is 10.1 Å². The highest BCUT2D eigenvalue weighted by Gasteiger charge is 2.07. The largest absolute Gasteiger partial charge is 0.463 e. The second-order valence-electron chi connectivity index (χ2n) is 3.16. The lowest BCUT2D eigenvalue weighted by Crippen LogP contribution is -2.00. The van der Waals surface area contributed by atoms with E-state index >= 15 is 0 Å². The maximum Gasteiger partial charge on any atom is 0.330 e. The van der Waals surface area contributed by atoms with Gasteiger partial charge in [0.25, 0.3) is 0 Å². The lowest BCUT2D eigenvalue weighted by atomic mass is 10.4. The normalized spacial score (nSPS) is 10.6.